The molecule has 3 heterocycles. The maximum absolute atomic E-state index is 12.6. The third-order valence-corrected chi connectivity index (χ3v) is 6.19. The summed E-state index contributed by atoms with van der Waals surface area (Å²) in [7, 11) is 1.88. The molecule has 4 rings (SSSR count). The van der Waals surface area contributed by atoms with E-state index in [0.717, 1.165) is 44.6 Å². The molecule has 1 aromatic carbocycles. The van der Waals surface area contributed by atoms with Gasteiger partial charge in [-0.05, 0) is 43.9 Å². The minimum Gasteiger partial charge on any atom is -0.339 e. The lowest BCUT2D eigenvalue weighted by atomic mass is 9.79. The Kier molecular flexibility index (Phi) is 5.62. The topological polar surface area (TPSA) is 41.4 Å². The van der Waals surface area contributed by atoms with Gasteiger partial charge in [0.15, 0.2) is 0 Å². The zero-order chi connectivity index (χ0) is 19.4. The highest BCUT2D eigenvalue weighted by Crippen LogP contribution is 2.39. The monoisotopic (exact) mass is 378 g/mol. The van der Waals surface area contributed by atoms with Crippen LogP contribution in [0.5, 0.6) is 0 Å². The van der Waals surface area contributed by atoms with Crippen LogP contribution in [0.1, 0.15) is 30.4 Å². The Bertz CT molecular complexity index is 828. The minimum absolute atomic E-state index is 0.127. The molecular formula is C23H30N4O. The first-order chi connectivity index (χ1) is 13.6. The molecule has 0 bridgehead atoms. The van der Waals surface area contributed by atoms with E-state index in [1.54, 1.807) is 17.0 Å². The number of rotatable bonds is 5. The fraction of sp³-hybridized carbons (Fsp3) is 0.478. The van der Waals surface area contributed by atoms with Gasteiger partial charge in [0, 0.05) is 56.5 Å². The molecule has 28 heavy (non-hydrogen) atoms. The second-order valence-corrected chi connectivity index (χ2v) is 8.41. The fourth-order valence-corrected chi connectivity index (χ4v) is 4.69. The lowest BCUT2D eigenvalue weighted by molar-refractivity contribution is -0.125. The van der Waals surface area contributed by atoms with E-state index in [-0.39, 0.29) is 11.3 Å². The zero-order valence-corrected chi connectivity index (χ0v) is 16.8. The molecule has 148 valence electrons. The third-order valence-electron chi connectivity index (χ3n) is 6.19. The lowest BCUT2D eigenvalue weighted by Crippen LogP contribution is -2.45. The minimum atomic E-state index is 0.127. The molecule has 2 aromatic rings. The summed E-state index contributed by atoms with van der Waals surface area (Å²) < 4.78 is 1.75. The van der Waals surface area contributed by atoms with Gasteiger partial charge in [-0.2, -0.15) is 5.10 Å². The van der Waals surface area contributed by atoms with Gasteiger partial charge in [0.1, 0.15) is 0 Å². The third kappa shape index (κ3) is 4.53. The molecule has 5 nitrogen and oxygen atoms in total. The Balaban J connectivity index is 1.31. The molecule has 1 atom stereocenters. The summed E-state index contributed by atoms with van der Waals surface area (Å²) in [6, 6.07) is 10.7. The number of hydrogen-bond donors (Lipinski definition) is 0. The van der Waals surface area contributed by atoms with Gasteiger partial charge in [-0.25, -0.2) is 0 Å². The predicted molar refractivity (Wildman–Crippen MR) is 112 cm³/mol. The average Bonchev–Trinajstić information content (AvgIpc) is 3.32. The SMILES string of the molecule is Cn1cc(/C=C/C(=O)N2CCC3(CCCN(CCc4ccccc4)C3)C2)cn1. The quantitative estimate of drug-likeness (QED) is 0.751. The highest BCUT2D eigenvalue weighted by atomic mass is 16.2. The first-order valence-corrected chi connectivity index (χ1v) is 10.3. The number of aryl methyl sites for hydroxylation is 1. The maximum atomic E-state index is 12.6. The van der Waals surface area contributed by atoms with Crippen LogP contribution in [-0.2, 0) is 18.3 Å². The number of likely N-dealkylation sites (tertiary alicyclic amines) is 2. The number of aromatic nitrogens is 2. The Hall–Kier alpha value is -2.40. The van der Waals surface area contributed by atoms with Crippen molar-refractivity contribution < 1.29 is 4.79 Å². The van der Waals surface area contributed by atoms with Crippen molar-refractivity contribution in [2.75, 3.05) is 32.7 Å². The van der Waals surface area contributed by atoms with Crippen LogP contribution in [0.25, 0.3) is 6.08 Å². The normalized spacial score (nSPS) is 23.1. The van der Waals surface area contributed by atoms with Crippen molar-refractivity contribution in [3.05, 3.63) is 59.9 Å². The van der Waals surface area contributed by atoms with Gasteiger partial charge >= 0.3 is 0 Å². The van der Waals surface area contributed by atoms with Crippen molar-refractivity contribution >= 4 is 12.0 Å². The van der Waals surface area contributed by atoms with Crippen LogP contribution < -0.4 is 0 Å². The molecule has 1 amide bonds. The summed E-state index contributed by atoms with van der Waals surface area (Å²) in [5.41, 5.74) is 2.66. The number of amides is 1. The van der Waals surface area contributed by atoms with Gasteiger partial charge in [-0.1, -0.05) is 30.3 Å². The second kappa shape index (κ2) is 8.31. The van der Waals surface area contributed by atoms with Gasteiger partial charge in [-0.15, -0.1) is 0 Å². The summed E-state index contributed by atoms with van der Waals surface area (Å²) in [4.78, 5) is 17.3. The van der Waals surface area contributed by atoms with E-state index in [9.17, 15) is 4.79 Å². The lowest BCUT2D eigenvalue weighted by Gasteiger charge is -2.40. The Morgan fingerprint density at radius 3 is 2.82 bits per heavy atom. The molecule has 2 aliphatic rings. The van der Waals surface area contributed by atoms with Crippen molar-refractivity contribution in [2.45, 2.75) is 25.7 Å². The standard InChI is InChI=1S/C23H30N4O/c1-25-17-21(16-24-25)8-9-22(28)27-15-12-23(19-27)11-5-13-26(18-23)14-10-20-6-3-2-4-7-20/h2-4,6-9,16-17H,5,10-15,18-19H2,1H3/b9-8+. The first kappa shape index (κ1) is 18.9. The van der Waals surface area contributed by atoms with Crippen LogP contribution in [0.2, 0.25) is 0 Å². The van der Waals surface area contributed by atoms with E-state index in [2.05, 4.69) is 40.3 Å². The number of carbonyl (C=O) groups excluding carboxylic acids is 1. The molecule has 2 aliphatic heterocycles. The summed E-state index contributed by atoms with van der Waals surface area (Å²) in [6.45, 7) is 5.19. The van der Waals surface area contributed by atoms with Crippen LogP contribution in [0.3, 0.4) is 0 Å². The average molecular weight is 379 g/mol. The first-order valence-electron chi connectivity index (χ1n) is 10.3. The molecule has 0 N–H and O–H groups in total. The van der Waals surface area contributed by atoms with Gasteiger partial charge in [0.25, 0.3) is 0 Å². The molecule has 0 radical (unpaired) electrons. The Labute approximate surface area is 167 Å². The number of carbonyl (C=O) groups is 1. The van der Waals surface area contributed by atoms with E-state index in [1.807, 2.05) is 24.2 Å². The largest absolute Gasteiger partial charge is 0.339 e. The second-order valence-electron chi connectivity index (χ2n) is 8.41. The van der Waals surface area contributed by atoms with Crippen LogP contribution in [0.15, 0.2) is 48.8 Å². The van der Waals surface area contributed by atoms with E-state index in [4.69, 9.17) is 0 Å². The van der Waals surface area contributed by atoms with E-state index < -0.39 is 0 Å². The van der Waals surface area contributed by atoms with Crippen molar-refractivity contribution in [2.24, 2.45) is 12.5 Å². The van der Waals surface area contributed by atoms with Gasteiger partial charge in [0.2, 0.25) is 5.91 Å². The van der Waals surface area contributed by atoms with Crippen LogP contribution in [0, 0.1) is 5.41 Å². The van der Waals surface area contributed by atoms with Crippen LogP contribution in [0.4, 0.5) is 0 Å². The van der Waals surface area contributed by atoms with Crippen molar-refractivity contribution in [3.63, 3.8) is 0 Å². The molecule has 1 unspecified atom stereocenters. The number of nitrogens with zero attached hydrogens (tertiary/aromatic N) is 4. The fourth-order valence-electron chi connectivity index (χ4n) is 4.69. The number of piperidine rings is 1. The summed E-state index contributed by atoms with van der Waals surface area (Å²) in [5.74, 6) is 0.127. The Morgan fingerprint density at radius 2 is 2.04 bits per heavy atom. The summed E-state index contributed by atoms with van der Waals surface area (Å²) in [5, 5.41) is 4.14. The molecule has 0 saturated carbocycles. The van der Waals surface area contributed by atoms with Crippen molar-refractivity contribution in [1.82, 2.24) is 19.6 Å². The van der Waals surface area contributed by atoms with Gasteiger partial charge in [-0.3, -0.25) is 9.48 Å². The molecule has 1 spiro atoms. The molecule has 0 aliphatic carbocycles. The number of hydrogen-bond acceptors (Lipinski definition) is 3. The molecule has 1 aromatic heterocycles. The number of benzene rings is 1. The van der Waals surface area contributed by atoms with E-state index in [1.165, 1.54) is 24.9 Å². The highest BCUT2D eigenvalue weighted by molar-refractivity contribution is 5.91. The highest BCUT2D eigenvalue weighted by Gasteiger charge is 2.42. The van der Waals surface area contributed by atoms with Crippen LogP contribution in [-0.4, -0.2) is 58.2 Å². The van der Waals surface area contributed by atoms with Crippen LogP contribution >= 0.6 is 0 Å². The van der Waals surface area contributed by atoms with Gasteiger partial charge in [0.05, 0.1) is 6.20 Å². The van der Waals surface area contributed by atoms with Crippen molar-refractivity contribution in [1.29, 1.82) is 0 Å². The molecule has 2 fully saturated rings. The van der Waals surface area contributed by atoms with E-state index in [0.29, 0.717) is 0 Å². The summed E-state index contributed by atoms with van der Waals surface area (Å²) >= 11 is 0. The Morgan fingerprint density at radius 1 is 1.18 bits per heavy atom. The van der Waals surface area contributed by atoms with E-state index >= 15 is 0 Å². The predicted octanol–water partition coefficient (Wildman–Crippen LogP) is 2.99. The smallest absolute Gasteiger partial charge is 0.246 e. The van der Waals surface area contributed by atoms with Gasteiger partial charge < -0.3 is 9.80 Å². The molecule has 5 heteroatoms. The van der Waals surface area contributed by atoms with Crippen molar-refractivity contribution in [3.8, 4) is 0 Å². The maximum Gasteiger partial charge on any atom is 0.246 e. The zero-order valence-electron chi connectivity index (χ0n) is 16.8. The molecular weight excluding hydrogens is 348 g/mol. The molecule has 2 saturated heterocycles. The summed E-state index contributed by atoms with van der Waals surface area (Å²) in [6.07, 6.45) is 12.0.